The van der Waals surface area contributed by atoms with Gasteiger partial charge in [-0.3, -0.25) is 19.8 Å². The van der Waals surface area contributed by atoms with E-state index < -0.39 is 11.9 Å². The number of rotatable bonds is 6. The Hall–Kier alpha value is -3.27. The SMILES string of the molecule is Cc1cc(NN2C=C(Cc3c(Cl)cccc3Cl)n3cnnc3C2C(N)=O)ccc1N1CCNCC1. The number of hydrogen-bond donors (Lipinski definition) is 3. The summed E-state index contributed by atoms with van der Waals surface area (Å²) in [6, 6.07) is 10.7. The average Bonchev–Trinajstić information content (AvgIpc) is 3.32. The lowest BCUT2D eigenvalue weighted by atomic mass is 10.1. The van der Waals surface area contributed by atoms with Crippen molar-refractivity contribution in [2.75, 3.05) is 36.5 Å². The van der Waals surface area contributed by atoms with Crippen LogP contribution >= 0.6 is 23.2 Å². The molecule has 182 valence electrons. The molecule has 0 bridgehead atoms. The predicted octanol–water partition coefficient (Wildman–Crippen LogP) is 3.21. The van der Waals surface area contributed by atoms with Crippen molar-refractivity contribution >= 4 is 46.2 Å². The second-order valence-corrected chi connectivity index (χ2v) is 9.43. The first-order valence-corrected chi connectivity index (χ1v) is 12.1. The van der Waals surface area contributed by atoms with Crippen LogP contribution in [0.5, 0.6) is 0 Å². The van der Waals surface area contributed by atoms with Crippen molar-refractivity contribution in [3.8, 4) is 0 Å². The minimum absolute atomic E-state index is 0.411. The lowest BCUT2D eigenvalue weighted by molar-refractivity contribution is -0.122. The number of benzene rings is 2. The molecule has 0 radical (unpaired) electrons. The highest BCUT2D eigenvalue weighted by atomic mass is 35.5. The lowest BCUT2D eigenvalue weighted by Gasteiger charge is -2.34. The summed E-state index contributed by atoms with van der Waals surface area (Å²) < 4.78 is 1.76. The van der Waals surface area contributed by atoms with Crippen LogP contribution in [0.4, 0.5) is 11.4 Å². The zero-order valence-electron chi connectivity index (χ0n) is 19.2. The molecule has 3 aromatic rings. The molecule has 1 aromatic heterocycles. The van der Waals surface area contributed by atoms with Crippen molar-refractivity contribution in [3.05, 3.63) is 75.9 Å². The third-order valence-corrected chi connectivity index (χ3v) is 7.00. The smallest absolute Gasteiger partial charge is 0.250 e. The maximum absolute atomic E-state index is 12.5. The van der Waals surface area contributed by atoms with E-state index >= 15 is 0 Å². The molecule has 0 aliphatic carbocycles. The Bertz CT molecular complexity index is 1260. The number of nitrogens with one attached hydrogen (secondary N) is 2. The second-order valence-electron chi connectivity index (χ2n) is 8.62. The Morgan fingerprint density at radius 1 is 1.20 bits per heavy atom. The molecular formula is C24H26Cl2N8O. The van der Waals surface area contributed by atoms with Crippen LogP contribution in [0, 0.1) is 6.92 Å². The van der Waals surface area contributed by atoms with Gasteiger partial charge in [0.1, 0.15) is 6.33 Å². The quantitative estimate of drug-likeness (QED) is 0.465. The molecule has 4 N–H and O–H groups in total. The van der Waals surface area contributed by atoms with Crippen molar-refractivity contribution in [1.29, 1.82) is 0 Å². The van der Waals surface area contributed by atoms with E-state index in [1.165, 1.54) is 5.69 Å². The number of fused-ring (bicyclic) bond motifs is 1. The van der Waals surface area contributed by atoms with E-state index in [0.717, 1.165) is 48.7 Å². The van der Waals surface area contributed by atoms with Crippen molar-refractivity contribution in [3.63, 3.8) is 0 Å². The lowest BCUT2D eigenvalue weighted by Crippen LogP contribution is -2.44. The zero-order chi connectivity index (χ0) is 24.5. The number of primary amides is 1. The molecule has 2 aliphatic heterocycles. The van der Waals surface area contributed by atoms with Gasteiger partial charge in [0.2, 0.25) is 5.91 Å². The molecule has 11 heteroatoms. The number of nitrogens with zero attached hydrogens (tertiary/aromatic N) is 5. The molecule has 1 fully saturated rings. The Balaban J connectivity index is 1.47. The largest absolute Gasteiger partial charge is 0.369 e. The molecule has 0 spiro atoms. The highest BCUT2D eigenvalue weighted by Crippen LogP contribution is 2.34. The molecule has 1 amide bonds. The molecule has 1 atom stereocenters. The minimum atomic E-state index is -0.851. The van der Waals surface area contributed by atoms with Gasteiger partial charge in [0.15, 0.2) is 11.9 Å². The summed E-state index contributed by atoms with van der Waals surface area (Å²) in [7, 11) is 0. The summed E-state index contributed by atoms with van der Waals surface area (Å²) in [5, 5.41) is 14.4. The van der Waals surface area contributed by atoms with Crippen LogP contribution in [0.15, 0.2) is 48.9 Å². The van der Waals surface area contributed by atoms with E-state index in [1.54, 1.807) is 34.1 Å². The monoisotopic (exact) mass is 512 g/mol. The van der Waals surface area contributed by atoms with Crippen LogP contribution in [0.1, 0.15) is 23.0 Å². The van der Waals surface area contributed by atoms with Crippen LogP contribution in [0.3, 0.4) is 0 Å². The van der Waals surface area contributed by atoms with E-state index in [9.17, 15) is 4.79 Å². The average molecular weight is 513 g/mol. The first kappa shape index (κ1) is 23.5. The number of aromatic nitrogens is 3. The molecule has 5 rings (SSSR count). The fourth-order valence-electron chi connectivity index (χ4n) is 4.58. The Morgan fingerprint density at radius 3 is 2.63 bits per heavy atom. The van der Waals surface area contributed by atoms with E-state index in [-0.39, 0.29) is 0 Å². The summed E-state index contributed by atoms with van der Waals surface area (Å²) in [6.45, 7) is 5.96. The second kappa shape index (κ2) is 9.77. The van der Waals surface area contributed by atoms with Gasteiger partial charge in [-0.1, -0.05) is 29.3 Å². The fraction of sp³-hybridized carbons (Fsp3) is 0.292. The normalized spacial score (nSPS) is 17.7. The van der Waals surface area contributed by atoms with E-state index in [1.807, 2.05) is 12.3 Å². The summed E-state index contributed by atoms with van der Waals surface area (Å²) in [5.74, 6) is -0.133. The van der Waals surface area contributed by atoms with E-state index in [0.29, 0.717) is 22.3 Å². The summed E-state index contributed by atoms with van der Waals surface area (Å²) in [6.07, 6.45) is 3.80. The van der Waals surface area contributed by atoms with Crippen molar-refractivity contribution in [2.24, 2.45) is 5.73 Å². The highest BCUT2D eigenvalue weighted by molar-refractivity contribution is 6.36. The molecule has 2 aromatic carbocycles. The number of anilines is 2. The van der Waals surface area contributed by atoms with Gasteiger partial charge in [-0.15, -0.1) is 10.2 Å². The van der Waals surface area contributed by atoms with Gasteiger partial charge in [-0.05, 0) is 48.4 Å². The topological polar surface area (TPSA) is 104 Å². The number of hydrazine groups is 1. The van der Waals surface area contributed by atoms with Crippen LogP contribution in [-0.4, -0.2) is 51.9 Å². The first-order valence-electron chi connectivity index (χ1n) is 11.4. The van der Waals surface area contributed by atoms with Crippen LogP contribution < -0.4 is 21.4 Å². The van der Waals surface area contributed by atoms with Gasteiger partial charge in [0, 0.05) is 60.2 Å². The maximum atomic E-state index is 12.5. The highest BCUT2D eigenvalue weighted by Gasteiger charge is 2.34. The molecule has 1 unspecified atom stereocenters. The molecule has 2 aliphatic rings. The molecule has 3 heterocycles. The molecular weight excluding hydrogens is 487 g/mol. The van der Waals surface area contributed by atoms with Crippen molar-refractivity contribution in [1.82, 2.24) is 25.1 Å². The van der Waals surface area contributed by atoms with Crippen molar-refractivity contribution in [2.45, 2.75) is 19.4 Å². The number of aryl methyl sites for hydroxylation is 1. The predicted molar refractivity (Wildman–Crippen MR) is 138 cm³/mol. The number of carbonyl (C=O) groups excluding carboxylic acids is 1. The number of carbonyl (C=O) groups is 1. The number of allylic oxidation sites excluding steroid dienone is 1. The van der Waals surface area contributed by atoms with Gasteiger partial charge >= 0.3 is 0 Å². The van der Waals surface area contributed by atoms with E-state index in [2.05, 4.69) is 44.9 Å². The van der Waals surface area contributed by atoms with Gasteiger partial charge in [0.05, 0.1) is 5.69 Å². The number of amides is 1. The molecule has 35 heavy (non-hydrogen) atoms. The first-order chi connectivity index (χ1) is 16.9. The summed E-state index contributed by atoms with van der Waals surface area (Å²) in [4.78, 5) is 14.9. The third kappa shape index (κ3) is 4.67. The Labute approximate surface area is 213 Å². The van der Waals surface area contributed by atoms with Gasteiger partial charge in [-0.2, -0.15) is 0 Å². The summed E-state index contributed by atoms with van der Waals surface area (Å²) in [5.41, 5.74) is 13.9. The molecule has 0 saturated carbocycles. The van der Waals surface area contributed by atoms with Gasteiger partial charge in [0.25, 0.3) is 0 Å². The molecule has 9 nitrogen and oxygen atoms in total. The summed E-state index contributed by atoms with van der Waals surface area (Å²) >= 11 is 12.9. The fourth-order valence-corrected chi connectivity index (χ4v) is 5.11. The van der Waals surface area contributed by atoms with Crippen LogP contribution in [0.25, 0.3) is 5.70 Å². The number of halogens is 2. The van der Waals surface area contributed by atoms with Crippen LogP contribution in [-0.2, 0) is 11.2 Å². The number of piperazine rings is 1. The standard InChI is InChI=1S/C24H26Cl2N8O/c1-15-11-16(5-6-21(15)32-9-7-28-8-10-32)31-34-13-17(12-18-19(25)3-2-4-20(18)26)33-14-29-30-24(33)22(34)23(27)35/h2-6,11,13-14,22,28,31H,7-10,12H2,1H3,(H2,27,35). The molecule has 1 saturated heterocycles. The van der Waals surface area contributed by atoms with Crippen molar-refractivity contribution < 1.29 is 4.79 Å². The van der Waals surface area contributed by atoms with Gasteiger partial charge in [-0.25, -0.2) is 0 Å². The Kier molecular flexibility index (Phi) is 6.55. The van der Waals surface area contributed by atoms with E-state index in [4.69, 9.17) is 28.9 Å². The Morgan fingerprint density at radius 2 is 1.94 bits per heavy atom. The van der Waals surface area contributed by atoms with Crippen LogP contribution in [0.2, 0.25) is 10.0 Å². The number of nitrogens with two attached hydrogens (primary N) is 1. The zero-order valence-corrected chi connectivity index (χ0v) is 20.7. The third-order valence-electron chi connectivity index (χ3n) is 6.30. The number of hydrogen-bond acceptors (Lipinski definition) is 7. The minimum Gasteiger partial charge on any atom is -0.369 e. The maximum Gasteiger partial charge on any atom is 0.250 e. The van der Waals surface area contributed by atoms with Gasteiger partial charge < -0.3 is 16.0 Å².